The second kappa shape index (κ2) is 5.59. The van der Waals surface area contributed by atoms with Crippen molar-refractivity contribution >= 4 is 5.91 Å². The predicted molar refractivity (Wildman–Crippen MR) is 83.9 cm³/mol. The Hall–Kier alpha value is -2.94. The van der Waals surface area contributed by atoms with Crippen molar-refractivity contribution in [3.63, 3.8) is 0 Å². The van der Waals surface area contributed by atoms with Gasteiger partial charge in [-0.05, 0) is 12.1 Å². The lowest BCUT2D eigenvalue weighted by atomic mass is 10.1. The zero-order valence-electron chi connectivity index (χ0n) is 11.4. The van der Waals surface area contributed by atoms with Crippen LogP contribution >= 0.6 is 0 Å². The minimum atomic E-state index is -0.240. The van der Waals surface area contributed by atoms with Crippen LogP contribution in [0.5, 0.6) is 0 Å². The summed E-state index contributed by atoms with van der Waals surface area (Å²) in [6.07, 6.45) is 1.27. The van der Waals surface area contributed by atoms with Crippen molar-refractivity contribution in [3.8, 4) is 22.5 Å². The van der Waals surface area contributed by atoms with Crippen LogP contribution in [0.4, 0.5) is 0 Å². The van der Waals surface area contributed by atoms with E-state index in [0.29, 0.717) is 0 Å². The molecule has 0 fully saturated rings. The van der Waals surface area contributed by atoms with Crippen LogP contribution in [0.1, 0.15) is 4.79 Å². The van der Waals surface area contributed by atoms with Gasteiger partial charge in [-0.1, -0.05) is 67.2 Å². The van der Waals surface area contributed by atoms with Gasteiger partial charge in [-0.15, -0.1) is 0 Å². The summed E-state index contributed by atoms with van der Waals surface area (Å²) < 4.78 is 1.39. The van der Waals surface area contributed by atoms with E-state index in [1.807, 2.05) is 66.7 Å². The molecule has 0 spiro atoms. The van der Waals surface area contributed by atoms with Crippen LogP contribution in [0, 0.1) is 0 Å². The molecule has 3 rings (SSSR count). The summed E-state index contributed by atoms with van der Waals surface area (Å²) in [7, 11) is 0. The molecule has 0 amide bonds. The van der Waals surface area contributed by atoms with E-state index >= 15 is 0 Å². The van der Waals surface area contributed by atoms with Gasteiger partial charge in [0.25, 0.3) is 5.91 Å². The van der Waals surface area contributed by atoms with Crippen molar-refractivity contribution < 1.29 is 4.79 Å². The fraction of sp³-hybridized carbons (Fsp3) is 0. The maximum absolute atomic E-state index is 12.0. The number of hydrogen-bond acceptors (Lipinski definition) is 2. The highest BCUT2D eigenvalue weighted by molar-refractivity contribution is 5.92. The Morgan fingerprint density at radius 1 is 0.952 bits per heavy atom. The van der Waals surface area contributed by atoms with E-state index in [0.717, 1.165) is 22.5 Å². The summed E-state index contributed by atoms with van der Waals surface area (Å²) in [4.78, 5) is 12.0. The number of aromatic nitrogens is 2. The highest BCUT2D eigenvalue weighted by Gasteiger charge is 2.14. The molecule has 3 heteroatoms. The Kier molecular flexibility index (Phi) is 3.48. The topological polar surface area (TPSA) is 34.9 Å². The number of allylic oxidation sites excluding steroid dienone is 1. The molecule has 0 radical (unpaired) electrons. The average Bonchev–Trinajstić information content (AvgIpc) is 3.01. The molecule has 0 saturated carbocycles. The molecule has 3 aromatic rings. The molecule has 0 saturated heterocycles. The van der Waals surface area contributed by atoms with E-state index in [2.05, 4.69) is 11.7 Å². The van der Waals surface area contributed by atoms with Crippen LogP contribution < -0.4 is 0 Å². The number of benzene rings is 2. The smallest absolute Gasteiger partial charge is 0.267 e. The molecule has 0 atom stereocenters. The molecule has 1 aromatic heterocycles. The van der Waals surface area contributed by atoms with Crippen LogP contribution in [0.2, 0.25) is 0 Å². The van der Waals surface area contributed by atoms with Gasteiger partial charge in [0, 0.05) is 11.1 Å². The molecule has 102 valence electrons. The van der Waals surface area contributed by atoms with Gasteiger partial charge in [0.15, 0.2) is 0 Å². The standard InChI is InChI=1S/C18H14N2O/c1-2-18(21)20-17(15-11-7-4-8-12-15)13-16(19-20)14-9-5-3-6-10-14/h2-13H,1H2. The number of carbonyl (C=O) groups is 1. The zero-order chi connectivity index (χ0) is 14.7. The van der Waals surface area contributed by atoms with Crippen LogP contribution in [0.15, 0.2) is 79.4 Å². The van der Waals surface area contributed by atoms with Gasteiger partial charge in [0.1, 0.15) is 0 Å². The molecule has 1 heterocycles. The highest BCUT2D eigenvalue weighted by Crippen LogP contribution is 2.26. The Morgan fingerprint density at radius 3 is 2.10 bits per heavy atom. The summed E-state index contributed by atoms with van der Waals surface area (Å²) >= 11 is 0. The minimum Gasteiger partial charge on any atom is -0.267 e. The molecule has 0 bridgehead atoms. The first-order valence-electron chi connectivity index (χ1n) is 6.67. The Bertz CT molecular complexity index is 773. The van der Waals surface area contributed by atoms with E-state index in [1.165, 1.54) is 10.8 Å². The van der Waals surface area contributed by atoms with Crippen molar-refractivity contribution in [2.45, 2.75) is 0 Å². The second-order valence-electron chi connectivity index (χ2n) is 4.60. The summed E-state index contributed by atoms with van der Waals surface area (Å²) in [6.45, 7) is 3.54. The van der Waals surface area contributed by atoms with E-state index in [1.54, 1.807) is 0 Å². The third-order valence-electron chi connectivity index (χ3n) is 3.23. The van der Waals surface area contributed by atoms with E-state index in [-0.39, 0.29) is 5.91 Å². The third kappa shape index (κ3) is 2.54. The third-order valence-corrected chi connectivity index (χ3v) is 3.23. The van der Waals surface area contributed by atoms with Gasteiger partial charge in [-0.3, -0.25) is 4.79 Å². The molecule has 3 nitrogen and oxygen atoms in total. The average molecular weight is 274 g/mol. The molecule has 2 aromatic carbocycles. The van der Waals surface area contributed by atoms with Gasteiger partial charge in [-0.25, -0.2) is 0 Å². The Morgan fingerprint density at radius 2 is 1.52 bits per heavy atom. The van der Waals surface area contributed by atoms with Crippen LogP contribution in [0.25, 0.3) is 22.5 Å². The first-order chi connectivity index (χ1) is 10.3. The highest BCUT2D eigenvalue weighted by atomic mass is 16.2. The predicted octanol–water partition coefficient (Wildman–Crippen LogP) is 4.04. The quantitative estimate of drug-likeness (QED) is 0.675. The largest absolute Gasteiger partial charge is 0.270 e. The lowest BCUT2D eigenvalue weighted by molar-refractivity contribution is 0.0957. The van der Waals surface area contributed by atoms with Crippen LogP contribution in [0.3, 0.4) is 0 Å². The van der Waals surface area contributed by atoms with Gasteiger partial charge < -0.3 is 0 Å². The fourth-order valence-corrected chi connectivity index (χ4v) is 2.20. The molecule has 0 aliphatic rings. The number of carbonyl (C=O) groups excluding carboxylic acids is 1. The molecule has 21 heavy (non-hydrogen) atoms. The molecule has 0 aliphatic heterocycles. The van der Waals surface area contributed by atoms with Crippen molar-refractivity contribution in [1.82, 2.24) is 9.78 Å². The van der Waals surface area contributed by atoms with E-state index in [9.17, 15) is 4.79 Å². The van der Waals surface area contributed by atoms with Gasteiger partial charge >= 0.3 is 0 Å². The van der Waals surface area contributed by atoms with Crippen molar-refractivity contribution in [2.75, 3.05) is 0 Å². The van der Waals surface area contributed by atoms with Crippen LogP contribution in [-0.4, -0.2) is 15.7 Å². The number of nitrogens with zero attached hydrogens (tertiary/aromatic N) is 2. The molecule has 0 unspecified atom stereocenters. The minimum absolute atomic E-state index is 0.240. The SMILES string of the molecule is C=CC(=O)n1nc(-c2ccccc2)cc1-c1ccccc1. The Balaban J connectivity index is 2.17. The second-order valence-corrected chi connectivity index (χ2v) is 4.60. The zero-order valence-corrected chi connectivity index (χ0v) is 11.4. The maximum atomic E-state index is 12.0. The van der Waals surface area contributed by atoms with Gasteiger partial charge in [0.05, 0.1) is 11.4 Å². The van der Waals surface area contributed by atoms with E-state index < -0.39 is 0 Å². The normalized spacial score (nSPS) is 10.3. The first-order valence-corrected chi connectivity index (χ1v) is 6.67. The molecular weight excluding hydrogens is 260 g/mol. The number of hydrogen-bond donors (Lipinski definition) is 0. The fourth-order valence-electron chi connectivity index (χ4n) is 2.20. The maximum Gasteiger partial charge on any atom is 0.270 e. The summed E-state index contributed by atoms with van der Waals surface area (Å²) in [5.41, 5.74) is 3.46. The summed E-state index contributed by atoms with van der Waals surface area (Å²) in [5, 5.41) is 4.42. The van der Waals surface area contributed by atoms with Crippen molar-refractivity contribution in [3.05, 3.63) is 79.4 Å². The lowest BCUT2D eigenvalue weighted by Crippen LogP contribution is -2.10. The summed E-state index contributed by atoms with van der Waals surface area (Å²) in [5.74, 6) is -0.240. The molecule has 0 aliphatic carbocycles. The van der Waals surface area contributed by atoms with Crippen molar-refractivity contribution in [2.24, 2.45) is 0 Å². The molecule has 0 N–H and O–H groups in total. The lowest BCUT2D eigenvalue weighted by Gasteiger charge is -2.02. The first kappa shape index (κ1) is 13.1. The molecular formula is C18H14N2O. The van der Waals surface area contributed by atoms with Crippen LogP contribution in [-0.2, 0) is 0 Å². The Labute approximate surface area is 123 Å². The number of rotatable bonds is 3. The summed E-state index contributed by atoms with van der Waals surface area (Å²) in [6, 6.07) is 21.5. The van der Waals surface area contributed by atoms with Gasteiger partial charge in [-0.2, -0.15) is 9.78 Å². The van der Waals surface area contributed by atoms with E-state index in [4.69, 9.17) is 0 Å². The monoisotopic (exact) mass is 274 g/mol. The van der Waals surface area contributed by atoms with Gasteiger partial charge in [0.2, 0.25) is 0 Å². The van der Waals surface area contributed by atoms with Crippen molar-refractivity contribution in [1.29, 1.82) is 0 Å².